The van der Waals surface area contributed by atoms with Crippen LogP contribution in [0.15, 0.2) is 9.98 Å². The highest BCUT2D eigenvalue weighted by Gasteiger charge is 2.02. The van der Waals surface area contributed by atoms with E-state index in [4.69, 9.17) is 39.2 Å². The number of aliphatic imine (C=N–C) groups is 2. The van der Waals surface area contributed by atoms with Crippen molar-refractivity contribution >= 4 is 95.6 Å². The molecule has 0 aromatic heterocycles. The molecular weight excluding hydrogens is 673 g/mol. The van der Waals surface area contributed by atoms with Gasteiger partial charge in [0.15, 0.2) is 0 Å². The van der Waals surface area contributed by atoms with Crippen LogP contribution in [-0.2, 0) is 29.0 Å². The molecule has 0 fully saturated rings. The monoisotopic (exact) mass is 714 g/mol. The average Bonchev–Trinajstić information content (AvgIpc) is 2.99. The maximum atomic E-state index is 11.7. The van der Waals surface area contributed by atoms with Gasteiger partial charge in [0, 0.05) is 54.2 Å². The van der Waals surface area contributed by atoms with E-state index >= 15 is 0 Å². The van der Waals surface area contributed by atoms with Crippen molar-refractivity contribution in [2.75, 3.05) is 96.3 Å². The van der Waals surface area contributed by atoms with Gasteiger partial charge >= 0.3 is 12.2 Å². The van der Waals surface area contributed by atoms with E-state index in [9.17, 15) is 9.59 Å². The SMILES string of the molecule is O=C(NCSCCSC/N=C/OOCSCCSCOC(=O)NCSCCSC/N=C/OOCCCO)OCCCO. The van der Waals surface area contributed by atoms with Crippen LogP contribution in [-0.4, -0.2) is 132 Å². The molecule has 0 radical (unpaired) electrons. The van der Waals surface area contributed by atoms with Crippen LogP contribution in [0.25, 0.3) is 0 Å². The number of nitrogens with one attached hydrogen (secondary N) is 2. The minimum absolute atomic E-state index is 0.00136. The molecule has 0 aliphatic carbocycles. The normalized spacial score (nSPS) is 11.2. The van der Waals surface area contributed by atoms with Gasteiger partial charge in [-0.05, 0) is 6.42 Å². The number of carbonyl (C=O) groups is 2. The molecule has 0 aliphatic heterocycles. The zero-order valence-electron chi connectivity index (χ0n) is 23.4. The van der Waals surface area contributed by atoms with Gasteiger partial charge in [0.1, 0.15) is 11.9 Å². The molecule has 20 heteroatoms. The Hall–Kier alpha value is -0.580. The number of aliphatic hydroxyl groups excluding tert-OH is 2. The van der Waals surface area contributed by atoms with Gasteiger partial charge in [-0.25, -0.2) is 19.6 Å². The van der Waals surface area contributed by atoms with E-state index in [0.717, 1.165) is 34.5 Å². The summed E-state index contributed by atoms with van der Waals surface area (Å²) in [6.07, 6.45) is 2.56. The smallest absolute Gasteiger partial charge is 0.408 e. The minimum atomic E-state index is -0.473. The third kappa shape index (κ3) is 35.6. The summed E-state index contributed by atoms with van der Waals surface area (Å²) in [7, 11) is 0. The molecule has 0 unspecified atom stereocenters. The quantitative estimate of drug-likeness (QED) is 0.0205. The lowest BCUT2D eigenvalue weighted by molar-refractivity contribution is -0.217. The number of thioether (sulfide) groups is 6. The van der Waals surface area contributed by atoms with Crippen LogP contribution in [0, 0.1) is 0 Å². The van der Waals surface area contributed by atoms with Crippen molar-refractivity contribution < 1.29 is 48.8 Å². The van der Waals surface area contributed by atoms with E-state index in [1.807, 2.05) is 0 Å². The molecule has 0 bridgehead atoms. The second-order valence-corrected chi connectivity index (χ2v) is 13.5. The fraction of sp³-hybridized carbons (Fsp3) is 0.818. The zero-order valence-corrected chi connectivity index (χ0v) is 28.3. The van der Waals surface area contributed by atoms with Gasteiger partial charge in [0.25, 0.3) is 0 Å². The topological polar surface area (TPSA) is 179 Å². The van der Waals surface area contributed by atoms with Crippen LogP contribution in [0.4, 0.5) is 9.59 Å². The highest BCUT2D eigenvalue weighted by molar-refractivity contribution is 8.03. The molecule has 14 nitrogen and oxygen atoms in total. The first-order valence-corrected chi connectivity index (χ1v) is 19.7. The predicted octanol–water partition coefficient (Wildman–Crippen LogP) is 3.30. The third-order valence-corrected chi connectivity index (χ3v) is 9.42. The summed E-state index contributed by atoms with van der Waals surface area (Å²) in [5, 5.41) is 22.5. The Labute approximate surface area is 272 Å². The Morgan fingerprint density at radius 2 is 1.12 bits per heavy atom. The summed E-state index contributed by atoms with van der Waals surface area (Å²) in [6, 6.07) is 0. The number of hydrogen-bond donors (Lipinski definition) is 4. The number of nitrogens with zero attached hydrogens (tertiary/aromatic N) is 2. The summed E-state index contributed by atoms with van der Waals surface area (Å²) in [4.78, 5) is 50.4. The van der Waals surface area contributed by atoms with Gasteiger partial charge in [-0.15, -0.1) is 70.6 Å². The van der Waals surface area contributed by atoms with Gasteiger partial charge in [0.2, 0.25) is 12.8 Å². The van der Waals surface area contributed by atoms with Crippen LogP contribution in [0.2, 0.25) is 0 Å². The van der Waals surface area contributed by atoms with Crippen LogP contribution in [0.5, 0.6) is 0 Å². The molecule has 0 saturated heterocycles. The van der Waals surface area contributed by atoms with Gasteiger partial charge in [-0.1, -0.05) is 0 Å². The van der Waals surface area contributed by atoms with Crippen molar-refractivity contribution in [2.45, 2.75) is 12.8 Å². The number of aliphatic hydroxyl groups is 2. The second-order valence-electron chi connectivity index (χ2n) is 7.02. The minimum Gasteiger partial charge on any atom is -0.449 e. The third-order valence-electron chi connectivity index (χ3n) is 3.78. The molecule has 0 aromatic rings. The second kappa shape index (κ2) is 36.6. The highest BCUT2D eigenvalue weighted by atomic mass is 32.2. The number of carbonyl (C=O) groups excluding carboxylic acids is 2. The first kappa shape index (κ1) is 41.4. The standard InChI is InChI=1S/C22H42N4O10S6/c27-3-1-5-31-21(29)25-17-39-9-7-38-16-24-14-35-36-20-42-12-11-41-19-32-22(30)26-18-40-10-8-37-15-23-13-34-33-6-2-4-28/h13-14,27-28H,1-12,15-20H2,(H,25,29)(H,26,30)/b23-13+,24-14+. The van der Waals surface area contributed by atoms with E-state index in [1.54, 1.807) is 58.8 Å². The lowest BCUT2D eigenvalue weighted by Gasteiger charge is -2.06. The summed E-state index contributed by atoms with van der Waals surface area (Å²) < 4.78 is 9.96. The van der Waals surface area contributed by atoms with Crippen LogP contribution < -0.4 is 10.6 Å². The van der Waals surface area contributed by atoms with E-state index in [-0.39, 0.29) is 25.8 Å². The van der Waals surface area contributed by atoms with Crippen LogP contribution in [0.1, 0.15) is 12.8 Å². The molecule has 0 saturated carbocycles. The van der Waals surface area contributed by atoms with Crippen molar-refractivity contribution in [3.05, 3.63) is 0 Å². The molecule has 0 aliphatic rings. The Balaban J connectivity index is 3.26. The Kier molecular flexibility index (Phi) is 36.1. The Bertz CT molecular complexity index is 677. The summed E-state index contributed by atoms with van der Waals surface area (Å²) in [5.41, 5.74) is 0. The van der Waals surface area contributed by atoms with Crippen molar-refractivity contribution in [1.82, 2.24) is 10.6 Å². The molecule has 42 heavy (non-hydrogen) atoms. The molecule has 0 heterocycles. The fourth-order valence-corrected chi connectivity index (χ4v) is 6.61. The Morgan fingerprint density at radius 3 is 1.74 bits per heavy atom. The zero-order chi connectivity index (χ0) is 30.6. The average molecular weight is 715 g/mol. The number of amides is 2. The largest absolute Gasteiger partial charge is 0.449 e. The number of ether oxygens (including phenoxy) is 2. The van der Waals surface area contributed by atoms with Crippen LogP contribution >= 0.6 is 70.6 Å². The molecule has 0 aromatic carbocycles. The molecule has 0 rings (SSSR count). The molecule has 246 valence electrons. The number of rotatable bonds is 31. The van der Waals surface area contributed by atoms with Gasteiger partial charge in [0.05, 0.1) is 36.7 Å². The van der Waals surface area contributed by atoms with Gasteiger partial charge < -0.3 is 40.1 Å². The molecule has 0 spiro atoms. The molecule has 2 amide bonds. The summed E-state index contributed by atoms with van der Waals surface area (Å²) >= 11 is 9.50. The molecule has 0 atom stereocenters. The summed E-state index contributed by atoms with van der Waals surface area (Å²) in [6.45, 7) is 0.598. The first-order chi connectivity index (χ1) is 20.7. The van der Waals surface area contributed by atoms with Crippen molar-refractivity contribution in [1.29, 1.82) is 0 Å². The molecule has 4 N–H and O–H groups in total. The number of alkyl carbamates (subject to hydrolysis) is 2. The van der Waals surface area contributed by atoms with Crippen LogP contribution in [0.3, 0.4) is 0 Å². The first-order valence-electron chi connectivity index (χ1n) is 12.7. The lowest BCUT2D eigenvalue weighted by Crippen LogP contribution is -2.24. The van der Waals surface area contributed by atoms with E-state index in [1.165, 1.54) is 24.6 Å². The van der Waals surface area contributed by atoms with Crippen molar-refractivity contribution in [3.63, 3.8) is 0 Å². The van der Waals surface area contributed by atoms with Gasteiger partial charge in [-0.2, -0.15) is 9.78 Å². The van der Waals surface area contributed by atoms with Crippen molar-refractivity contribution in [3.8, 4) is 0 Å². The molecular formula is C22H42N4O10S6. The van der Waals surface area contributed by atoms with E-state index in [0.29, 0.717) is 48.9 Å². The highest BCUT2D eigenvalue weighted by Crippen LogP contribution is 2.09. The Morgan fingerprint density at radius 1 is 0.619 bits per heavy atom. The maximum absolute atomic E-state index is 11.7. The van der Waals surface area contributed by atoms with Crippen molar-refractivity contribution in [2.24, 2.45) is 9.98 Å². The lowest BCUT2D eigenvalue weighted by atomic mass is 10.5. The summed E-state index contributed by atoms with van der Waals surface area (Å²) in [5.74, 6) is 7.80. The van der Waals surface area contributed by atoms with Gasteiger partial charge in [-0.3, -0.25) is 0 Å². The van der Waals surface area contributed by atoms with E-state index in [2.05, 4.69) is 20.6 Å². The maximum Gasteiger partial charge on any atom is 0.408 e. The predicted molar refractivity (Wildman–Crippen MR) is 178 cm³/mol. The number of hydrogen-bond acceptors (Lipinski definition) is 18. The fourth-order valence-electron chi connectivity index (χ4n) is 1.91. The van der Waals surface area contributed by atoms with E-state index < -0.39 is 12.2 Å².